The van der Waals surface area contributed by atoms with Gasteiger partial charge in [-0.05, 0) is 36.4 Å². The van der Waals surface area contributed by atoms with Crippen LogP contribution in [0.3, 0.4) is 0 Å². The molecule has 6 heteroatoms. The number of nitrogens with one attached hydrogen (secondary N) is 1. The zero-order valence-electron chi connectivity index (χ0n) is 9.22. The van der Waals surface area contributed by atoms with Crippen LogP contribution in [-0.2, 0) is 0 Å². The molecule has 1 aromatic rings. The normalized spacial score (nSPS) is 13.7. The Kier molecular flexibility index (Phi) is 5.62. The average Bonchev–Trinajstić information content (AvgIpc) is 2.23. The van der Waals surface area contributed by atoms with E-state index < -0.39 is 5.51 Å². The van der Waals surface area contributed by atoms with Crippen LogP contribution in [0.1, 0.15) is 18.5 Å². The van der Waals surface area contributed by atoms with Crippen molar-refractivity contribution in [2.24, 2.45) is 0 Å². The summed E-state index contributed by atoms with van der Waals surface area (Å²) in [6, 6.07) is 7.26. The summed E-state index contributed by atoms with van der Waals surface area (Å²) in [4.78, 5) is 0. The van der Waals surface area contributed by atoms with E-state index >= 15 is 0 Å². The number of alkyl halides is 3. The Labute approximate surface area is 108 Å². The maximum absolute atomic E-state index is 11.9. The maximum atomic E-state index is 11.9. The van der Waals surface area contributed by atoms with Crippen LogP contribution >= 0.6 is 23.4 Å². The fourth-order valence-corrected chi connectivity index (χ4v) is 1.99. The summed E-state index contributed by atoms with van der Waals surface area (Å²) in [6.45, 7) is 2.20. The third-order valence-electron chi connectivity index (χ3n) is 2.17. The standard InChI is InChI=1S/C11H13ClF3NS/c1-8(9-3-2-4-10(12)7-9)16-5-6-17-11(13,14)15/h2-4,7-8,16H,5-6H2,1H3/t8-/m0/s1. The maximum Gasteiger partial charge on any atom is 0.441 e. The summed E-state index contributed by atoms with van der Waals surface area (Å²) in [6.07, 6.45) is 0. The molecule has 17 heavy (non-hydrogen) atoms. The van der Waals surface area contributed by atoms with Crippen molar-refractivity contribution >= 4 is 23.4 Å². The molecule has 1 N–H and O–H groups in total. The van der Waals surface area contributed by atoms with Crippen LogP contribution in [0.2, 0.25) is 5.02 Å². The minimum Gasteiger partial charge on any atom is -0.309 e. The van der Waals surface area contributed by atoms with Crippen molar-refractivity contribution in [2.45, 2.75) is 18.5 Å². The molecule has 96 valence electrons. The van der Waals surface area contributed by atoms with E-state index in [0.29, 0.717) is 11.6 Å². The quantitative estimate of drug-likeness (QED) is 0.811. The Morgan fingerprint density at radius 3 is 2.71 bits per heavy atom. The second kappa shape index (κ2) is 6.52. The molecule has 0 aliphatic rings. The van der Waals surface area contributed by atoms with Gasteiger partial charge < -0.3 is 5.32 Å². The second-order valence-electron chi connectivity index (χ2n) is 3.53. The Morgan fingerprint density at radius 1 is 1.41 bits per heavy atom. The smallest absolute Gasteiger partial charge is 0.309 e. The summed E-state index contributed by atoms with van der Waals surface area (Å²) in [5.41, 5.74) is -3.18. The van der Waals surface area contributed by atoms with Gasteiger partial charge in [-0.2, -0.15) is 13.2 Å². The van der Waals surface area contributed by atoms with Gasteiger partial charge in [0.15, 0.2) is 0 Å². The van der Waals surface area contributed by atoms with Crippen molar-refractivity contribution < 1.29 is 13.2 Å². The first-order valence-electron chi connectivity index (χ1n) is 5.08. The SMILES string of the molecule is C[C@H](NCCSC(F)(F)F)c1cccc(Cl)c1. The largest absolute Gasteiger partial charge is 0.441 e. The molecule has 0 aromatic heterocycles. The molecule has 0 aliphatic heterocycles. The van der Waals surface area contributed by atoms with E-state index in [9.17, 15) is 13.2 Å². The van der Waals surface area contributed by atoms with Crippen LogP contribution in [0.4, 0.5) is 13.2 Å². The highest BCUT2D eigenvalue weighted by molar-refractivity contribution is 8.00. The van der Waals surface area contributed by atoms with Gasteiger partial charge in [-0.25, -0.2) is 0 Å². The van der Waals surface area contributed by atoms with Gasteiger partial charge in [0.05, 0.1) is 0 Å². The van der Waals surface area contributed by atoms with Crippen molar-refractivity contribution in [3.63, 3.8) is 0 Å². The zero-order chi connectivity index (χ0) is 12.9. The predicted octanol–water partition coefficient (Wildman–Crippen LogP) is 4.24. The monoisotopic (exact) mass is 283 g/mol. The lowest BCUT2D eigenvalue weighted by Crippen LogP contribution is -2.22. The molecule has 0 fully saturated rings. The first-order chi connectivity index (χ1) is 7.88. The Morgan fingerprint density at radius 2 is 2.12 bits per heavy atom. The van der Waals surface area contributed by atoms with Crippen LogP contribution in [-0.4, -0.2) is 17.8 Å². The number of thioether (sulfide) groups is 1. The molecule has 0 saturated carbocycles. The van der Waals surface area contributed by atoms with Crippen LogP contribution in [0.5, 0.6) is 0 Å². The minimum atomic E-state index is -4.15. The predicted molar refractivity (Wildman–Crippen MR) is 66.4 cm³/mol. The zero-order valence-corrected chi connectivity index (χ0v) is 10.8. The third kappa shape index (κ3) is 6.19. The van der Waals surface area contributed by atoms with E-state index in [1.165, 1.54) is 0 Å². The first kappa shape index (κ1) is 14.7. The fraction of sp³-hybridized carbons (Fsp3) is 0.455. The van der Waals surface area contributed by atoms with E-state index in [-0.39, 0.29) is 23.6 Å². The summed E-state index contributed by atoms with van der Waals surface area (Å²) in [7, 11) is 0. The van der Waals surface area contributed by atoms with Crippen LogP contribution in [0, 0.1) is 0 Å². The lowest BCUT2D eigenvalue weighted by atomic mass is 10.1. The lowest BCUT2D eigenvalue weighted by molar-refractivity contribution is -0.0327. The summed E-state index contributed by atoms with van der Waals surface area (Å²) < 4.78 is 35.6. The molecular weight excluding hydrogens is 271 g/mol. The Balaban J connectivity index is 2.33. The van der Waals surface area contributed by atoms with Gasteiger partial charge >= 0.3 is 5.51 Å². The summed E-state index contributed by atoms with van der Waals surface area (Å²) >= 11 is 5.81. The molecule has 1 rings (SSSR count). The average molecular weight is 284 g/mol. The van der Waals surface area contributed by atoms with E-state index in [0.717, 1.165) is 5.56 Å². The van der Waals surface area contributed by atoms with Crippen LogP contribution in [0.25, 0.3) is 0 Å². The van der Waals surface area contributed by atoms with Crippen molar-refractivity contribution in [1.82, 2.24) is 5.32 Å². The number of hydrogen-bond acceptors (Lipinski definition) is 2. The van der Waals surface area contributed by atoms with Crippen LogP contribution in [0.15, 0.2) is 24.3 Å². The molecular formula is C11H13ClF3NS. The van der Waals surface area contributed by atoms with E-state index in [1.54, 1.807) is 12.1 Å². The Hall–Kier alpha value is -0.390. The number of rotatable bonds is 5. The molecule has 0 unspecified atom stereocenters. The molecule has 1 nitrogen and oxygen atoms in total. The summed E-state index contributed by atoms with van der Waals surface area (Å²) in [5, 5.41) is 3.64. The molecule has 1 atom stereocenters. The van der Waals surface area contributed by atoms with Gasteiger partial charge in [0.25, 0.3) is 0 Å². The number of hydrogen-bond donors (Lipinski definition) is 1. The topological polar surface area (TPSA) is 12.0 Å². The Bertz CT molecular complexity index is 357. The van der Waals surface area contributed by atoms with Crippen molar-refractivity contribution in [3.8, 4) is 0 Å². The molecule has 0 spiro atoms. The number of halogens is 4. The van der Waals surface area contributed by atoms with Crippen LogP contribution < -0.4 is 5.32 Å². The van der Waals surface area contributed by atoms with Gasteiger partial charge in [-0.1, -0.05) is 23.7 Å². The second-order valence-corrected chi connectivity index (χ2v) is 5.12. The third-order valence-corrected chi connectivity index (χ3v) is 3.14. The molecule has 0 saturated heterocycles. The summed E-state index contributed by atoms with van der Waals surface area (Å²) in [5.74, 6) is 0.00834. The van der Waals surface area contributed by atoms with E-state index in [1.807, 2.05) is 19.1 Å². The molecule has 0 radical (unpaired) electrons. The van der Waals surface area contributed by atoms with Gasteiger partial charge in [0.2, 0.25) is 0 Å². The van der Waals surface area contributed by atoms with Crippen molar-refractivity contribution in [1.29, 1.82) is 0 Å². The molecule has 1 aromatic carbocycles. The van der Waals surface area contributed by atoms with E-state index in [2.05, 4.69) is 5.32 Å². The molecule has 0 bridgehead atoms. The van der Waals surface area contributed by atoms with Gasteiger partial charge in [-0.3, -0.25) is 0 Å². The highest BCUT2D eigenvalue weighted by atomic mass is 35.5. The lowest BCUT2D eigenvalue weighted by Gasteiger charge is -2.14. The molecule has 0 amide bonds. The fourth-order valence-electron chi connectivity index (χ4n) is 1.34. The van der Waals surface area contributed by atoms with Gasteiger partial charge in [0.1, 0.15) is 0 Å². The van der Waals surface area contributed by atoms with Crippen molar-refractivity contribution in [2.75, 3.05) is 12.3 Å². The first-order valence-corrected chi connectivity index (χ1v) is 6.44. The number of benzene rings is 1. The highest BCUT2D eigenvalue weighted by Gasteiger charge is 2.27. The molecule has 0 heterocycles. The molecule has 0 aliphatic carbocycles. The van der Waals surface area contributed by atoms with Gasteiger partial charge in [0, 0.05) is 23.4 Å². The minimum absolute atomic E-state index is 0.00834. The van der Waals surface area contributed by atoms with Gasteiger partial charge in [-0.15, -0.1) is 0 Å². The van der Waals surface area contributed by atoms with E-state index in [4.69, 9.17) is 11.6 Å². The highest BCUT2D eigenvalue weighted by Crippen LogP contribution is 2.29. The van der Waals surface area contributed by atoms with Crippen molar-refractivity contribution in [3.05, 3.63) is 34.9 Å².